The van der Waals surface area contributed by atoms with Crippen LogP contribution in [0.2, 0.25) is 0 Å². The second-order valence-corrected chi connectivity index (χ2v) is 3.25. The fourth-order valence-electron chi connectivity index (χ4n) is 1.50. The van der Waals surface area contributed by atoms with Crippen LogP contribution in [0, 0.1) is 0 Å². The smallest absolute Gasteiger partial charge is 0.285 e. The van der Waals surface area contributed by atoms with E-state index < -0.39 is 5.92 Å². The molecule has 0 heterocycles. The first-order valence-electron chi connectivity index (χ1n) is 4.72. The van der Waals surface area contributed by atoms with E-state index in [0.29, 0.717) is 12.0 Å². The monoisotopic (exact) mass is 199 g/mol. The lowest BCUT2D eigenvalue weighted by molar-refractivity contribution is -0.00207. The molecule has 0 aliphatic rings. The molecule has 3 heteroatoms. The van der Waals surface area contributed by atoms with Gasteiger partial charge >= 0.3 is 0 Å². The van der Waals surface area contributed by atoms with E-state index in [4.69, 9.17) is 0 Å². The molecule has 0 amide bonds. The van der Waals surface area contributed by atoms with Crippen LogP contribution in [0.3, 0.4) is 0 Å². The Morgan fingerprint density at radius 3 is 2.50 bits per heavy atom. The van der Waals surface area contributed by atoms with Crippen molar-refractivity contribution in [3.63, 3.8) is 0 Å². The summed E-state index contributed by atoms with van der Waals surface area (Å²) in [6.45, 7) is 1.57. The Hall–Kier alpha value is -0.960. The second kappa shape index (κ2) is 4.51. The predicted octanol–water partition coefficient (Wildman–Crippen LogP) is 2.56. The molecule has 1 aromatic carbocycles. The Morgan fingerprint density at radius 2 is 1.93 bits per heavy atom. The Morgan fingerprint density at radius 1 is 1.29 bits per heavy atom. The zero-order valence-electron chi connectivity index (χ0n) is 8.48. The largest absolute Gasteiger partial charge is 0.314 e. The Bertz CT molecular complexity index is 297. The quantitative estimate of drug-likeness (QED) is 0.785. The van der Waals surface area contributed by atoms with Crippen LogP contribution in [-0.4, -0.2) is 13.6 Å². The number of hydrogen-bond acceptors (Lipinski definition) is 1. The number of hydrogen-bond donors (Lipinski definition) is 1. The molecule has 0 aliphatic heterocycles. The van der Waals surface area contributed by atoms with Gasteiger partial charge in [0, 0.05) is 5.56 Å². The van der Waals surface area contributed by atoms with Crippen LogP contribution in [-0.2, 0) is 12.3 Å². The van der Waals surface area contributed by atoms with Crippen LogP contribution in [0.4, 0.5) is 8.78 Å². The second-order valence-electron chi connectivity index (χ2n) is 3.25. The van der Waals surface area contributed by atoms with Gasteiger partial charge in [-0.3, -0.25) is 0 Å². The average Bonchev–Trinajstić information content (AvgIpc) is 2.18. The van der Waals surface area contributed by atoms with Crippen molar-refractivity contribution < 1.29 is 8.78 Å². The summed E-state index contributed by atoms with van der Waals surface area (Å²) in [4.78, 5) is 0. The van der Waals surface area contributed by atoms with Gasteiger partial charge in [-0.1, -0.05) is 31.2 Å². The summed E-state index contributed by atoms with van der Waals surface area (Å²) in [7, 11) is 1.53. The van der Waals surface area contributed by atoms with Crippen molar-refractivity contribution >= 4 is 0 Å². The number of nitrogens with one attached hydrogen (secondary N) is 1. The normalized spacial score (nSPS) is 11.7. The minimum absolute atomic E-state index is 0.136. The van der Waals surface area contributed by atoms with E-state index in [9.17, 15) is 8.78 Å². The SMILES string of the molecule is CCc1ccccc1C(F)(F)CNC. The molecule has 0 aliphatic carbocycles. The molecule has 1 aromatic rings. The van der Waals surface area contributed by atoms with Crippen LogP contribution < -0.4 is 5.32 Å². The molecule has 0 fully saturated rings. The number of alkyl halides is 2. The minimum Gasteiger partial charge on any atom is -0.314 e. The highest BCUT2D eigenvalue weighted by molar-refractivity contribution is 5.31. The first-order chi connectivity index (χ1) is 6.61. The van der Waals surface area contributed by atoms with Crippen LogP contribution in [0.5, 0.6) is 0 Å². The van der Waals surface area contributed by atoms with Gasteiger partial charge in [0.15, 0.2) is 0 Å². The molecule has 1 N–H and O–H groups in total. The molecule has 78 valence electrons. The molecule has 14 heavy (non-hydrogen) atoms. The summed E-state index contributed by atoms with van der Waals surface area (Å²) >= 11 is 0. The van der Waals surface area contributed by atoms with Gasteiger partial charge in [0.05, 0.1) is 6.54 Å². The van der Waals surface area contributed by atoms with E-state index in [1.807, 2.05) is 6.92 Å². The number of aryl methyl sites for hydroxylation is 1. The number of benzene rings is 1. The van der Waals surface area contributed by atoms with E-state index in [0.717, 1.165) is 0 Å². The molecular weight excluding hydrogens is 184 g/mol. The summed E-state index contributed by atoms with van der Waals surface area (Å²) in [5.74, 6) is -2.78. The molecule has 0 atom stereocenters. The Balaban J connectivity index is 3.04. The Kier molecular flexibility index (Phi) is 3.58. The topological polar surface area (TPSA) is 12.0 Å². The van der Waals surface area contributed by atoms with E-state index in [1.54, 1.807) is 18.2 Å². The Labute approximate surface area is 83.1 Å². The minimum atomic E-state index is -2.78. The third kappa shape index (κ3) is 2.29. The van der Waals surface area contributed by atoms with Gasteiger partial charge in [0.2, 0.25) is 0 Å². The predicted molar refractivity (Wildman–Crippen MR) is 53.6 cm³/mol. The van der Waals surface area contributed by atoms with Crippen molar-refractivity contribution in [2.24, 2.45) is 0 Å². The third-order valence-electron chi connectivity index (χ3n) is 2.19. The maximum absolute atomic E-state index is 13.5. The average molecular weight is 199 g/mol. The first kappa shape index (κ1) is 11.1. The third-order valence-corrected chi connectivity index (χ3v) is 2.19. The van der Waals surface area contributed by atoms with E-state index in [-0.39, 0.29) is 12.1 Å². The maximum Gasteiger partial charge on any atom is 0.285 e. The summed E-state index contributed by atoms with van der Waals surface area (Å²) < 4.78 is 27.1. The van der Waals surface area contributed by atoms with Crippen LogP contribution >= 0.6 is 0 Å². The van der Waals surface area contributed by atoms with Crippen molar-refractivity contribution in [2.45, 2.75) is 19.3 Å². The molecule has 0 radical (unpaired) electrons. The van der Waals surface area contributed by atoms with Gasteiger partial charge in [-0.05, 0) is 19.0 Å². The summed E-state index contributed by atoms with van der Waals surface area (Å²) in [5.41, 5.74) is 0.851. The lowest BCUT2D eigenvalue weighted by Crippen LogP contribution is -2.29. The van der Waals surface area contributed by atoms with Crippen molar-refractivity contribution in [1.82, 2.24) is 5.32 Å². The van der Waals surface area contributed by atoms with Crippen molar-refractivity contribution in [3.8, 4) is 0 Å². The highest BCUT2D eigenvalue weighted by atomic mass is 19.3. The van der Waals surface area contributed by atoms with Gasteiger partial charge in [0.25, 0.3) is 5.92 Å². The summed E-state index contributed by atoms with van der Waals surface area (Å²) in [6.07, 6.45) is 0.634. The van der Waals surface area contributed by atoms with E-state index in [1.165, 1.54) is 13.1 Å². The van der Waals surface area contributed by atoms with Crippen LogP contribution in [0.1, 0.15) is 18.1 Å². The van der Waals surface area contributed by atoms with E-state index >= 15 is 0 Å². The summed E-state index contributed by atoms with van der Waals surface area (Å²) in [5, 5.41) is 2.51. The number of halogens is 2. The highest BCUT2D eigenvalue weighted by Gasteiger charge is 2.32. The van der Waals surface area contributed by atoms with Crippen LogP contribution in [0.25, 0.3) is 0 Å². The van der Waals surface area contributed by atoms with Gasteiger partial charge in [0.1, 0.15) is 0 Å². The van der Waals surface area contributed by atoms with Gasteiger partial charge < -0.3 is 5.32 Å². The van der Waals surface area contributed by atoms with Crippen molar-refractivity contribution in [1.29, 1.82) is 0 Å². The van der Waals surface area contributed by atoms with E-state index in [2.05, 4.69) is 5.32 Å². The van der Waals surface area contributed by atoms with Gasteiger partial charge in [-0.2, -0.15) is 8.78 Å². The summed E-state index contributed by atoms with van der Waals surface area (Å²) in [6, 6.07) is 6.69. The molecule has 0 unspecified atom stereocenters. The molecule has 0 saturated carbocycles. The zero-order chi connectivity index (χ0) is 10.6. The fraction of sp³-hybridized carbons (Fsp3) is 0.455. The van der Waals surface area contributed by atoms with Crippen LogP contribution in [0.15, 0.2) is 24.3 Å². The maximum atomic E-state index is 13.5. The zero-order valence-corrected chi connectivity index (χ0v) is 8.48. The molecule has 0 spiro atoms. The molecule has 1 nitrogen and oxygen atoms in total. The molecule has 0 saturated heterocycles. The lowest BCUT2D eigenvalue weighted by atomic mass is 10.00. The lowest BCUT2D eigenvalue weighted by Gasteiger charge is -2.19. The van der Waals surface area contributed by atoms with Crippen molar-refractivity contribution in [2.75, 3.05) is 13.6 Å². The van der Waals surface area contributed by atoms with Gasteiger partial charge in [-0.25, -0.2) is 0 Å². The number of likely N-dealkylation sites (N-methyl/N-ethyl adjacent to an activating group) is 1. The highest BCUT2D eigenvalue weighted by Crippen LogP contribution is 2.29. The molecule has 0 bridgehead atoms. The fourth-order valence-corrected chi connectivity index (χ4v) is 1.50. The van der Waals surface area contributed by atoms with Gasteiger partial charge in [-0.15, -0.1) is 0 Å². The molecular formula is C11H15F2N. The molecule has 0 aromatic heterocycles. The molecule has 1 rings (SSSR count). The standard InChI is InChI=1S/C11H15F2N/c1-3-9-6-4-5-7-10(9)11(12,13)8-14-2/h4-7,14H,3,8H2,1-2H3. The number of rotatable bonds is 4. The first-order valence-corrected chi connectivity index (χ1v) is 4.72. The van der Waals surface area contributed by atoms with Crippen molar-refractivity contribution in [3.05, 3.63) is 35.4 Å².